The van der Waals surface area contributed by atoms with E-state index in [0.717, 1.165) is 18.8 Å². The third-order valence-corrected chi connectivity index (χ3v) is 5.60. The Kier molecular flexibility index (Phi) is 5.53. The molecule has 128 valence electrons. The molecule has 1 fully saturated rings. The van der Waals surface area contributed by atoms with Crippen molar-refractivity contribution in [2.45, 2.75) is 25.8 Å². The smallest absolute Gasteiger partial charge is 0.193 e. The first-order chi connectivity index (χ1) is 11.6. The Morgan fingerprint density at radius 1 is 1.33 bits per heavy atom. The number of hydrogen-bond donors (Lipinski definition) is 2. The van der Waals surface area contributed by atoms with Crippen LogP contribution in [0.15, 0.2) is 46.8 Å². The number of benzene rings is 1. The van der Waals surface area contributed by atoms with Crippen LogP contribution in [0.25, 0.3) is 0 Å². The molecule has 2 atom stereocenters. The largest absolute Gasteiger partial charge is 0.370 e. The first kappa shape index (κ1) is 17.0. The highest BCUT2D eigenvalue weighted by atomic mass is 32.1. The van der Waals surface area contributed by atoms with E-state index in [1.807, 2.05) is 23.5 Å². The average molecular weight is 343 g/mol. The first-order valence-corrected chi connectivity index (χ1v) is 9.38. The summed E-state index contributed by atoms with van der Waals surface area (Å²) in [5.74, 6) is 1.01. The molecule has 2 unspecified atom stereocenters. The number of aliphatic imine (C=N–C) groups is 1. The topological polar surface area (TPSA) is 53.6 Å². The van der Waals surface area contributed by atoms with Gasteiger partial charge in [0.15, 0.2) is 5.96 Å². The van der Waals surface area contributed by atoms with E-state index < -0.39 is 0 Å². The summed E-state index contributed by atoms with van der Waals surface area (Å²) in [6.07, 6.45) is 2.43. The maximum atomic E-state index is 6.09. The number of piperidine rings is 1. The number of guanidine groups is 1. The number of likely N-dealkylation sites (tertiary alicyclic amines) is 1. The van der Waals surface area contributed by atoms with Gasteiger partial charge in [0, 0.05) is 23.2 Å². The third-order valence-electron chi connectivity index (χ3n) is 4.66. The Hall–Kier alpha value is -1.85. The highest BCUT2D eigenvalue weighted by Crippen LogP contribution is 2.37. The fourth-order valence-corrected chi connectivity index (χ4v) is 4.38. The molecule has 3 rings (SSSR count). The Morgan fingerprint density at radius 3 is 2.83 bits per heavy atom. The summed E-state index contributed by atoms with van der Waals surface area (Å²) < 4.78 is 0. The molecule has 0 aliphatic carbocycles. The van der Waals surface area contributed by atoms with Gasteiger partial charge in [0.2, 0.25) is 0 Å². The highest BCUT2D eigenvalue weighted by Gasteiger charge is 2.30. The number of aryl methyl sites for hydroxylation is 1. The van der Waals surface area contributed by atoms with Crippen molar-refractivity contribution >= 4 is 23.0 Å². The second-order valence-corrected chi connectivity index (χ2v) is 7.54. The van der Waals surface area contributed by atoms with E-state index in [2.05, 4.69) is 58.8 Å². The molecule has 0 saturated carbocycles. The maximum absolute atomic E-state index is 6.09. The Labute approximate surface area is 148 Å². The number of rotatable bonds is 4. The second-order valence-electron chi connectivity index (χ2n) is 6.56. The van der Waals surface area contributed by atoms with Crippen molar-refractivity contribution in [3.05, 3.63) is 52.2 Å². The lowest BCUT2D eigenvalue weighted by atomic mass is 9.88. The monoisotopic (exact) mass is 342 g/mol. The van der Waals surface area contributed by atoms with Gasteiger partial charge in [-0.25, -0.2) is 0 Å². The van der Waals surface area contributed by atoms with Crippen molar-refractivity contribution in [2.75, 3.05) is 25.5 Å². The summed E-state index contributed by atoms with van der Waals surface area (Å²) in [5.41, 5.74) is 8.31. The van der Waals surface area contributed by atoms with Gasteiger partial charge in [0.25, 0.3) is 0 Å². The molecule has 24 heavy (non-hydrogen) atoms. The van der Waals surface area contributed by atoms with Crippen LogP contribution in [0.5, 0.6) is 0 Å². The summed E-state index contributed by atoms with van der Waals surface area (Å²) in [4.78, 5) is 8.51. The van der Waals surface area contributed by atoms with E-state index in [4.69, 9.17) is 5.73 Å². The second kappa shape index (κ2) is 7.81. The molecular weight excluding hydrogens is 316 g/mol. The van der Waals surface area contributed by atoms with E-state index >= 15 is 0 Å². The predicted molar refractivity (Wildman–Crippen MR) is 104 cm³/mol. The highest BCUT2D eigenvalue weighted by molar-refractivity contribution is 7.10. The molecule has 0 bridgehead atoms. The molecule has 1 aliphatic rings. The summed E-state index contributed by atoms with van der Waals surface area (Å²) in [5, 5.41) is 5.34. The Morgan fingerprint density at radius 2 is 2.12 bits per heavy atom. The lowest BCUT2D eigenvalue weighted by Crippen LogP contribution is -2.37. The average Bonchev–Trinajstić information content (AvgIpc) is 3.09. The molecule has 0 amide bonds. The normalized spacial score (nSPS) is 22.5. The van der Waals surface area contributed by atoms with Gasteiger partial charge in [0.1, 0.15) is 0 Å². The summed E-state index contributed by atoms with van der Waals surface area (Å²) >= 11 is 1.84. The predicted octanol–water partition coefficient (Wildman–Crippen LogP) is 3.87. The van der Waals surface area contributed by atoms with Gasteiger partial charge < -0.3 is 11.1 Å². The molecule has 0 spiro atoms. The van der Waals surface area contributed by atoms with Gasteiger partial charge in [0.05, 0.1) is 0 Å². The van der Waals surface area contributed by atoms with Crippen molar-refractivity contribution < 1.29 is 0 Å². The molecule has 1 aliphatic heterocycles. The molecule has 1 aromatic heterocycles. The van der Waals surface area contributed by atoms with Crippen LogP contribution in [-0.2, 0) is 0 Å². The third kappa shape index (κ3) is 4.16. The fraction of sp³-hybridized carbons (Fsp3) is 0.421. The summed E-state index contributed by atoms with van der Waals surface area (Å²) in [7, 11) is 2.22. The van der Waals surface area contributed by atoms with Crippen LogP contribution in [0.2, 0.25) is 0 Å². The van der Waals surface area contributed by atoms with Gasteiger partial charge in [-0.15, -0.1) is 11.3 Å². The van der Waals surface area contributed by atoms with Crippen molar-refractivity contribution in [2.24, 2.45) is 16.6 Å². The Bertz CT molecular complexity index is 663. The molecule has 0 radical (unpaired) electrons. The van der Waals surface area contributed by atoms with Crippen molar-refractivity contribution in [3.63, 3.8) is 0 Å². The van der Waals surface area contributed by atoms with Crippen LogP contribution in [-0.4, -0.2) is 31.0 Å². The van der Waals surface area contributed by atoms with Crippen molar-refractivity contribution in [1.29, 1.82) is 0 Å². The van der Waals surface area contributed by atoms with Crippen LogP contribution in [0, 0.1) is 12.8 Å². The standard InChI is InChI=1S/C19H26N4S/c1-14-7-9-16(10-8-14)22-19(20)21-13-15-5-3-11-23(2)18(15)17-6-4-12-24-17/h4,6-10,12,15,18H,3,5,11,13H2,1-2H3,(H3,20,21,22). The van der Waals surface area contributed by atoms with Crippen LogP contribution in [0.1, 0.15) is 29.3 Å². The molecule has 1 aromatic carbocycles. The Balaban J connectivity index is 1.65. The van der Waals surface area contributed by atoms with E-state index in [0.29, 0.717) is 17.9 Å². The maximum Gasteiger partial charge on any atom is 0.193 e. The zero-order valence-electron chi connectivity index (χ0n) is 14.4. The summed E-state index contributed by atoms with van der Waals surface area (Å²) in [6.45, 7) is 3.99. The van der Waals surface area contributed by atoms with Gasteiger partial charge in [-0.2, -0.15) is 0 Å². The SMILES string of the molecule is Cc1ccc(NC(N)=NCC2CCCN(C)C2c2cccs2)cc1. The van der Waals surface area contributed by atoms with Crippen LogP contribution >= 0.6 is 11.3 Å². The van der Waals surface area contributed by atoms with E-state index in [1.54, 1.807) is 0 Å². The quantitative estimate of drug-likeness (QED) is 0.655. The van der Waals surface area contributed by atoms with Gasteiger partial charge >= 0.3 is 0 Å². The molecule has 5 heteroatoms. The molecule has 2 heterocycles. The van der Waals surface area contributed by atoms with E-state index in [9.17, 15) is 0 Å². The summed E-state index contributed by atoms with van der Waals surface area (Å²) in [6, 6.07) is 13.0. The molecule has 3 N–H and O–H groups in total. The molecule has 2 aromatic rings. The molecule has 1 saturated heterocycles. The first-order valence-electron chi connectivity index (χ1n) is 8.51. The minimum atomic E-state index is 0.453. The fourth-order valence-electron chi connectivity index (χ4n) is 3.40. The number of nitrogens with one attached hydrogen (secondary N) is 1. The van der Waals surface area contributed by atoms with Crippen LogP contribution in [0.4, 0.5) is 5.69 Å². The van der Waals surface area contributed by atoms with E-state index in [1.165, 1.54) is 23.3 Å². The number of nitrogens with zero attached hydrogens (tertiary/aromatic N) is 2. The lowest BCUT2D eigenvalue weighted by Gasteiger charge is -2.38. The van der Waals surface area contributed by atoms with E-state index in [-0.39, 0.29) is 0 Å². The minimum Gasteiger partial charge on any atom is -0.370 e. The van der Waals surface area contributed by atoms with Crippen LogP contribution < -0.4 is 11.1 Å². The van der Waals surface area contributed by atoms with Gasteiger partial charge in [-0.3, -0.25) is 9.89 Å². The number of nitrogens with two attached hydrogens (primary N) is 1. The number of anilines is 1. The molecular formula is C19H26N4S. The van der Waals surface area contributed by atoms with Crippen LogP contribution in [0.3, 0.4) is 0 Å². The zero-order valence-corrected chi connectivity index (χ0v) is 15.2. The number of thiophene rings is 1. The molecule has 4 nitrogen and oxygen atoms in total. The lowest BCUT2D eigenvalue weighted by molar-refractivity contribution is 0.128. The van der Waals surface area contributed by atoms with Gasteiger partial charge in [-0.1, -0.05) is 23.8 Å². The number of hydrogen-bond acceptors (Lipinski definition) is 3. The zero-order chi connectivity index (χ0) is 16.9. The van der Waals surface area contributed by atoms with Gasteiger partial charge in [-0.05, 0) is 62.9 Å². The van der Waals surface area contributed by atoms with Crippen molar-refractivity contribution in [3.8, 4) is 0 Å². The minimum absolute atomic E-state index is 0.453. The van der Waals surface area contributed by atoms with Crippen molar-refractivity contribution in [1.82, 2.24) is 4.90 Å².